The third kappa shape index (κ3) is 5.23. The number of carbonyl (C=O) groups is 2. The smallest absolute Gasteiger partial charge is 0.315 e. The molecule has 3 amide bonds. The van der Waals surface area contributed by atoms with E-state index in [-0.39, 0.29) is 29.4 Å². The van der Waals surface area contributed by atoms with Crippen LogP contribution in [0.25, 0.3) is 0 Å². The van der Waals surface area contributed by atoms with Crippen molar-refractivity contribution in [3.05, 3.63) is 34.9 Å². The van der Waals surface area contributed by atoms with Gasteiger partial charge in [0.1, 0.15) is 0 Å². The van der Waals surface area contributed by atoms with E-state index < -0.39 is 0 Å². The van der Waals surface area contributed by atoms with Crippen molar-refractivity contribution in [3.63, 3.8) is 0 Å². The van der Waals surface area contributed by atoms with Crippen LogP contribution in [0.1, 0.15) is 49.9 Å². The molecule has 2 fully saturated rings. The van der Waals surface area contributed by atoms with E-state index in [0.717, 1.165) is 38.8 Å². The third-order valence-electron chi connectivity index (χ3n) is 6.35. The molecule has 2 aliphatic rings. The molecule has 0 aromatic heterocycles. The van der Waals surface area contributed by atoms with Crippen molar-refractivity contribution >= 4 is 23.5 Å². The molecule has 0 aliphatic carbocycles. The Morgan fingerprint density at radius 2 is 1.93 bits per heavy atom. The summed E-state index contributed by atoms with van der Waals surface area (Å²) >= 11 is 6.13. The number of benzene rings is 1. The Bertz CT molecular complexity index is 731. The molecule has 1 spiro atoms. The Morgan fingerprint density at radius 1 is 1.21 bits per heavy atom. The fraction of sp³-hybridized carbons (Fsp3) is 0.636. The van der Waals surface area contributed by atoms with Gasteiger partial charge in [-0.2, -0.15) is 0 Å². The Morgan fingerprint density at radius 3 is 2.59 bits per heavy atom. The summed E-state index contributed by atoms with van der Waals surface area (Å²) in [6, 6.07) is 7.02. The molecule has 6 nitrogen and oxygen atoms in total. The maximum Gasteiger partial charge on any atom is 0.315 e. The molecule has 0 unspecified atom stereocenters. The van der Waals surface area contributed by atoms with E-state index in [0.29, 0.717) is 23.7 Å². The lowest BCUT2D eigenvalue weighted by atomic mass is 9.66. The van der Waals surface area contributed by atoms with Gasteiger partial charge in [-0.25, -0.2) is 4.79 Å². The molecule has 2 N–H and O–H groups in total. The zero-order valence-corrected chi connectivity index (χ0v) is 18.5. The number of hydrogen-bond acceptors (Lipinski definition) is 3. The number of amides is 3. The minimum atomic E-state index is -0.177. The first-order chi connectivity index (χ1) is 13.8. The zero-order valence-electron chi connectivity index (χ0n) is 17.7. The highest BCUT2D eigenvalue weighted by Gasteiger charge is 2.47. The van der Waals surface area contributed by atoms with E-state index in [1.165, 1.54) is 0 Å². The quantitative estimate of drug-likeness (QED) is 0.784. The van der Waals surface area contributed by atoms with Crippen LogP contribution in [-0.2, 0) is 0 Å². The predicted molar refractivity (Wildman–Crippen MR) is 116 cm³/mol. The molecule has 2 aliphatic heterocycles. The van der Waals surface area contributed by atoms with Gasteiger partial charge in [0.05, 0.1) is 6.04 Å². The Balaban J connectivity index is 1.84. The standard InChI is InChI=1S/C22H33ClN4O2/c1-16(2)25-21(29)24-15-19-22(9-12-26(3)13-10-22)8-5-11-27(19)20(28)17-6-4-7-18(23)14-17/h4,6-7,14,16,19H,5,8-13,15H2,1-3H3,(H2,24,25,29)/t19-/m1/s1. The van der Waals surface area contributed by atoms with Crippen molar-refractivity contribution in [1.82, 2.24) is 20.4 Å². The van der Waals surface area contributed by atoms with Gasteiger partial charge in [0.2, 0.25) is 0 Å². The summed E-state index contributed by atoms with van der Waals surface area (Å²) in [5, 5.41) is 6.48. The minimum absolute atomic E-state index is 0.00145. The SMILES string of the molecule is CC(C)NC(=O)NC[C@H]1N(C(=O)c2cccc(Cl)c2)CCCC12CCN(C)CC2. The normalized spacial score (nSPS) is 22.0. The van der Waals surface area contributed by atoms with Gasteiger partial charge in [-0.05, 0) is 83.3 Å². The highest BCUT2D eigenvalue weighted by Crippen LogP contribution is 2.44. The number of halogens is 1. The molecule has 2 heterocycles. The van der Waals surface area contributed by atoms with Crippen LogP contribution in [-0.4, -0.2) is 67.0 Å². The number of nitrogens with one attached hydrogen (secondary N) is 2. The van der Waals surface area contributed by atoms with Gasteiger partial charge >= 0.3 is 6.03 Å². The van der Waals surface area contributed by atoms with Crippen molar-refractivity contribution in [2.24, 2.45) is 5.41 Å². The molecule has 0 radical (unpaired) electrons. The molecule has 1 aromatic rings. The highest BCUT2D eigenvalue weighted by molar-refractivity contribution is 6.30. The van der Waals surface area contributed by atoms with Crippen molar-refractivity contribution in [2.45, 2.75) is 51.6 Å². The molecule has 3 rings (SSSR count). The molecule has 0 saturated carbocycles. The third-order valence-corrected chi connectivity index (χ3v) is 6.58. The van der Waals surface area contributed by atoms with E-state index in [2.05, 4.69) is 22.6 Å². The molecule has 1 atom stereocenters. The maximum absolute atomic E-state index is 13.4. The number of urea groups is 1. The van der Waals surface area contributed by atoms with Crippen LogP contribution in [0.5, 0.6) is 0 Å². The van der Waals surface area contributed by atoms with Gasteiger partial charge < -0.3 is 20.4 Å². The van der Waals surface area contributed by atoms with Crippen molar-refractivity contribution in [3.8, 4) is 0 Å². The summed E-state index contributed by atoms with van der Waals surface area (Å²) in [6.07, 6.45) is 4.17. The fourth-order valence-electron chi connectivity index (χ4n) is 4.76. The second kappa shape index (κ2) is 9.35. The Hall–Kier alpha value is -1.79. The van der Waals surface area contributed by atoms with Crippen LogP contribution in [0.2, 0.25) is 5.02 Å². The molecule has 7 heteroatoms. The lowest BCUT2D eigenvalue weighted by molar-refractivity contribution is -0.0177. The summed E-state index contributed by atoms with van der Waals surface area (Å²) in [6.45, 7) is 7.10. The van der Waals surface area contributed by atoms with Crippen molar-refractivity contribution in [1.29, 1.82) is 0 Å². The molecule has 160 valence electrons. The Kier molecular flexibility index (Phi) is 7.06. The molecule has 1 aromatic carbocycles. The minimum Gasteiger partial charge on any atom is -0.336 e. The average Bonchev–Trinajstić information content (AvgIpc) is 2.68. The second-order valence-corrected chi connectivity index (χ2v) is 9.24. The first kappa shape index (κ1) is 21.9. The van der Waals surface area contributed by atoms with Gasteiger partial charge in [0.15, 0.2) is 0 Å². The van der Waals surface area contributed by atoms with Crippen LogP contribution < -0.4 is 10.6 Å². The molecule has 29 heavy (non-hydrogen) atoms. The monoisotopic (exact) mass is 420 g/mol. The number of likely N-dealkylation sites (tertiary alicyclic amines) is 2. The van der Waals surface area contributed by atoms with Crippen LogP contribution in [0.3, 0.4) is 0 Å². The number of nitrogens with zero attached hydrogens (tertiary/aromatic N) is 2. The van der Waals surface area contributed by atoms with Gasteiger partial charge in [-0.15, -0.1) is 0 Å². The van der Waals surface area contributed by atoms with E-state index in [4.69, 9.17) is 11.6 Å². The lowest BCUT2D eigenvalue weighted by Gasteiger charge is -2.53. The van der Waals surface area contributed by atoms with E-state index in [9.17, 15) is 9.59 Å². The summed E-state index contributed by atoms with van der Waals surface area (Å²) in [5.74, 6) is 0.00145. The van der Waals surface area contributed by atoms with Crippen molar-refractivity contribution in [2.75, 3.05) is 33.2 Å². The number of piperidine rings is 2. The second-order valence-electron chi connectivity index (χ2n) is 8.80. The largest absolute Gasteiger partial charge is 0.336 e. The average molecular weight is 421 g/mol. The Labute approximate surface area is 179 Å². The van der Waals surface area contributed by atoms with Gasteiger partial charge in [-0.1, -0.05) is 17.7 Å². The van der Waals surface area contributed by atoms with Crippen LogP contribution in [0.4, 0.5) is 4.79 Å². The van der Waals surface area contributed by atoms with E-state index in [1.807, 2.05) is 30.9 Å². The summed E-state index contributed by atoms with van der Waals surface area (Å²) in [4.78, 5) is 30.0. The lowest BCUT2D eigenvalue weighted by Crippen LogP contribution is -2.61. The summed E-state index contributed by atoms with van der Waals surface area (Å²) in [5.41, 5.74) is 0.656. The van der Waals surface area contributed by atoms with Gasteiger partial charge in [-0.3, -0.25) is 4.79 Å². The molecule has 2 saturated heterocycles. The highest BCUT2D eigenvalue weighted by atomic mass is 35.5. The molecular weight excluding hydrogens is 388 g/mol. The zero-order chi connectivity index (χ0) is 21.0. The number of hydrogen-bond donors (Lipinski definition) is 2. The van der Waals surface area contributed by atoms with Crippen LogP contribution in [0.15, 0.2) is 24.3 Å². The number of carbonyl (C=O) groups excluding carboxylic acids is 2. The summed E-state index contributed by atoms with van der Waals surface area (Å²) < 4.78 is 0. The van der Waals surface area contributed by atoms with Gasteiger partial charge in [0.25, 0.3) is 5.91 Å². The van der Waals surface area contributed by atoms with E-state index >= 15 is 0 Å². The van der Waals surface area contributed by atoms with Crippen LogP contribution in [0, 0.1) is 5.41 Å². The molecular formula is C22H33ClN4O2. The molecule has 0 bridgehead atoms. The fourth-order valence-corrected chi connectivity index (χ4v) is 4.95. The predicted octanol–water partition coefficient (Wildman–Crippen LogP) is 3.36. The summed E-state index contributed by atoms with van der Waals surface area (Å²) in [7, 11) is 2.15. The number of rotatable bonds is 4. The first-order valence-electron chi connectivity index (χ1n) is 10.6. The first-order valence-corrected chi connectivity index (χ1v) is 11.0. The topological polar surface area (TPSA) is 64.7 Å². The van der Waals surface area contributed by atoms with E-state index in [1.54, 1.807) is 12.1 Å². The van der Waals surface area contributed by atoms with Crippen molar-refractivity contribution < 1.29 is 9.59 Å². The van der Waals surface area contributed by atoms with Crippen LogP contribution >= 0.6 is 11.6 Å². The van der Waals surface area contributed by atoms with Gasteiger partial charge in [0, 0.05) is 29.7 Å². The maximum atomic E-state index is 13.4.